The fourth-order valence-electron chi connectivity index (χ4n) is 3.88. The summed E-state index contributed by atoms with van der Waals surface area (Å²) in [5.74, 6) is -0.899. The molecule has 4 rings (SSSR count). The first-order chi connectivity index (χ1) is 15.9. The van der Waals surface area contributed by atoms with Crippen molar-refractivity contribution in [3.8, 4) is 5.75 Å². The second-order valence-electron chi connectivity index (χ2n) is 7.40. The maximum Gasteiger partial charge on any atom is 0.335 e. The van der Waals surface area contributed by atoms with E-state index in [1.54, 1.807) is 24.3 Å². The lowest BCUT2D eigenvalue weighted by Gasteiger charge is -2.12. The van der Waals surface area contributed by atoms with Gasteiger partial charge in [0.05, 0.1) is 0 Å². The fourth-order valence-corrected chi connectivity index (χ4v) is 3.88. The largest absolute Gasteiger partial charge is 0.423 e. The second kappa shape index (κ2) is 9.00. The highest BCUT2D eigenvalue weighted by Gasteiger charge is 2.18. The number of esters is 1. The summed E-state index contributed by atoms with van der Waals surface area (Å²) in [6.07, 6.45) is 1.08. The van der Waals surface area contributed by atoms with Gasteiger partial charge in [-0.15, -0.1) is 0 Å². The van der Waals surface area contributed by atoms with E-state index in [1.807, 2.05) is 36.4 Å². The molecular formula is C26H23N3O4. The van der Waals surface area contributed by atoms with Gasteiger partial charge in [0.1, 0.15) is 11.5 Å². The number of nitrogens with zero attached hydrogens (tertiary/aromatic N) is 2. The molecule has 0 radical (unpaired) electrons. The van der Waals surface area contributed by atoms with Gasteiger partial charge in [-0.25, -0.2) is 9.59 Å². The predicted octanol–water partition coefficient (Wildman–Crippen LogP) is 4.80. The Morgan fingerprint density at radius 2 is 1.76 bits per heavy atom. The first-order valence-corrected chi connectivity index (χ1v) is 10.4. The van der Waals surface area contributed by atoms with Gasteiger partial charge in [0.15, 0.2) is 0 Å². The standard InChI is InChI=1S/C26H23N3O4/c1-4-25(31)32-24-9-7-6-8-19(24)26(28-33-16(3)30)17-10-12-22-20(14-17)21-15-18(27)11-13-23(21)29(22)5-2/h4,6-15H,1,5,27H2,2-3H3/b28-26-. The molecule has 0 atom stereocenters. The van der Waals surface area contributed by atoms with E-state index in [0.29, 0.717) is 22.5 Å². The van der Waals surface area contributed by atoms with Crippen LogP contribution >= 0.6 is 0 Å². The maximum atomic E-state index is 11.9. The SMILES string of the molecule is C=CC(=O)Oc1ccccc1/C(=N\OC(C)=O)c1ccc2c(c1)c1cc(N)ccc1n2CC. The van der Waals surface area contributed by atoms with Crippen LogP contribution in [0.4, 0.5) is 5.69 Å². The van der Waals surface area contributed by atoms with Gasteiger partial charge >= 0.3 is 11.9 Å². The Hall–Kier alpha value is -4.39. The van der Waals surface area contributed by atoms with E-state index in [2.05, 4.69) is 23.2 Å². The number of anilines is 1. The summed E-state index contributed by atoms with van der Waals surface area (Å²) in [7, 11) is 0. The Kier molecular flexibility index (Phi) is 5.95. The number of hydrogen-bond donors (Lipinski definition) is 1. The van der Waals surface area contributed by atoms with Crippen molar-refractivity contribution >= 4 is 45.1 Å². The van der Waals surface area contributed by atoms with E-state index < -0.39 is 11.9 Å². The van der Waals surface area contributed by atoms with Gasteiger partial charge in [-0.05, 0) is 49.4 Å². The number of fused-ring (bicyclic) bond motifs is 3. The number of oxime groups is 1. The highest BCUT2D eigenvalue weighted by Crippen LogP contribution is 2.32. The Balaban J connectivity index is 1.95. The molecule has 0 aliphatic carbocycles. The van der Waals surface area contributed by atoms with E-state index in [0.717, 1.165) is 34.4 Å². The minimum atomic E-state index is -0.605. The third-order valence-corrected chi connectivity index (χ3v) is 5.26. The number of hydrogen-bond acceptors (Lipinski definition) is 6. The van der Waals surface area contributed by atoms with Crippen LogP contribution in [0.25, 0.3) is 21.8 Å². The van der Waals surface area contributed by atoms with Gasteiger partial charge in [-0.1, -0.05) is 29.9 Å². The molecule has 0 saturated heterocycles. The fraction of sp³-hybridized carbons (Fsp3) is 0.115. The van der Waals surface area contributed by atoms with Crippen molar-refractivity contribution in [2.45, 2.75) is 20.4 Å². The van der Waals surface area contributed by atoms with E-state index in [-0.39, 0.29) is 5.75 Å². The van der Waals surface area contributed by atoms with E-state index >= 15 is 0 Å². The highest BCUT2D eigenvalue weighted by atomic mass is 16.7. The summed E-state index contributed by atoms with van der Waals surface area (Å²) in [6, 6.07) is 18.6. The number of carbonyl (C=O) groups is 2. The van der Waals surface area contributed by atoms with Crippen molar-refractivity contribution in [2.24, 2.45) is 5.16 Å². The molecule has 0 amide bonds. The van der Waals surface area contributed by atoms with Crippen molar-refractivity contribution in [3.05, 3.63) is 84.4 Å². The van der Waals surface area contributed by atoms with Gasteiger partial charge in [0.25, 0.3) is 0 Å². The van der Waals surface area contributed by atoms with Crippen LogP contribution in [0, 0.1) is 0 Å². The number of ether oxygens (including phenoxy) is 1. The Morgan fingerprint density at radius 1 is 1.06 bits per heavy atom. The maximum absolute atomic E-state index is 11.9. The lowest BCUT2D eigenvalue weighted by atomic mass is 9.99. The molecule has 1 aromatic heterocycles. The molecule has 0 bridgehead atoms. The van der Waals surface area contributed by atoms with Crippen LogP contribution in [0.1, 0.15) is 25.0 Å². The summed E-state index contributed by atoms with van der Waals surface area (Å²) < 4.78 is 7.60. The van der Waals surface area contributed by atoms with Crippen LogP contribution in [-0.2, 0) is 21.0 Å². The zero-order valence-electron chi connectivity index (χ0n) is 18.4. The van der Waals surface area contributed by atoms with E-state index in [9.17, 15) is 9.59 Å². The summed E-state index contributed by atoms with van der Waals surface area (Å²) in [5.41, 5.74) is 10.4. The summed E-state index contributed by atoms with van der Waals surface area (Å²) in [5, 5.41) is 6.09. The van der Waals surface area contributed by atoms with Crippen LogP contribution in [0.3, 0.4) is 0 Å². The van der Waals surface area contributed by atoms with Crippen LogP contribution in [0.5, 0.6) is 5.75 Å². The van der Waals surface area contributed by atoms with Crippen molar-refractivity contribution < 1.29 is 19.2 Å². The third-order valence-electron chi connectivity index (χ3n) is 5.26. The molecule has 0 fully saturated rings. The van der Waals surface area contributed by atoms with Crippen LogP contribution in [0.15, 0.2) is 78.5 Å². The van der Waals surface area contributed by atoms with Gasteiger partial charge in [0, 0.05) is 58.2 Å². The predicted molar refractivity (Wildman–Crippen MR) is 129 cm³/mol. The molecule has 1 heterocycles. The molecule has 3 aromatic carbocycles. The Labute approximate surface area is 190 Å². The highest BCUT2D eigenvalue weighted by molar-refractivity contribution is 6.18. The lowest BCUT2D eigenvalue weighted by molar-refractivity contribution is -0.141. The quantitative estimate of drug-likeness (QED) is 0.0882. The van der Waals surface area contributed by atoms with Gasteiger partial charge in [0.2, 0.25) is 0 Å². The minimum Gasteiger partial charge on any atom is -0.423 e. The molecule has 7 nitrogen and oxygen atoms in total. The monoisotopic (exact) mass is 441 g/mol. The molecule has 33 heavy (non-hydrogen) atoms. The smallest absolute Gasteiger partial charge is 0.335 e. The third kappa shape index (κ3) is 4.21. The molecule has 0 aliphatic heterocycles. The average Bonchev–Trinajstić information content (AvgIpc) is 3.12. The molecule has 4 aromatic rings. The number of para-hydroxylation sites is 1. The number of rotatable bonds is 6. The average molecular weight is 441 g/mol. The van der Waals surface area contributed by atoms with Crippen molar-refractivity contribution in [1.29, 1.82) is 0 Å². The second-order valence-corrected chi connectivity index (χ2v) is 7.40. The molecule has 0 saturated carbocycles. The van der Waals surface area contributed by atoms with Crippen molar-refractivity contribution in [1.82, 2.24) is 4.57 Å². The Morgan fingerprint density at radius 3 is 2.45 bits per heavy atom. The minimum absolute atomic E-state index is 0.272. The number of nitrogen functional groups attached to an aromatic ring is 1. The van der Waals surface area contributed by atoms with Crippen LogP contribution in [-0.4, -0.2) is 22.2 Å². The van der Waals surface area contributed by atoms with Crippen molar-refractivity contribution in [2.75, 3.05) is 5.73 Å². The molecule has 2 N–H and O–H groups in total. The van der Waals surface area contributed by atoms with Gasteiger partial charge < -0.3 is 19.9 Å². The number of benzene rings is 3. The van der Waals surface area contributed by atoms with E-state index in [4.69, 9.17) is 15.3 Å². The first kappa shape index (κ1) is 21.8. The number of aryl methyl sites for hydroxylation is 1. The van der Waals surface area contributed by atoms with Gasteiger partial charge in [-0.2, -0.15) is 0 Å². The van der Waals surface area contributed by atoms with Gasteiger partial charge in [-0.3, -0.25) is 0 Å². The van der Waals surface area contributed by atoms with E-state index in [1.165, 1.54) is 6.92 Å². The van der Waals surface area contributed by atoms with Crippen molar-refractivity contribution in [3.63, 3.8) is 0 Å². The topological polar surface area (TPSA) is 95.9 Å². The lowest BCUT2D eigenvalue weighted by Crippen LogP contribution is -2.11. The number of aromatic nitrogens is 1. The zero-order chi connectivity index (χ0) is 23.5. The molecule has 0 aliphatic rings. The Bertz CT molecular complexity index is 1430. The molecule has 166 valence electrons. The normalized spacial score (nSPS) is 11.5. The van der Waals surface area contributed by atoms with Crippen LogP contribution in [0.2, 0.25) is 0 Å². The summed E-state index contributed by atoms with van der Waals surface area (Å²) in [6.45, 7) is 7.59. The molecule has 0 spiro atoms. The molecule has 7 heteroatoms. The molecule has 0 unspecified atom stereocenters. The molecular weight excluding hydrogens is 418 g/mol. The zero-order valence-corrected chi connectivity index (χ0v) is 18.4. The van der Waals surface area contributed by atoms with Crippen LogP contribution < -0.4 is 10.5 Å². The summed E-state index contributed by atoms with van der Waals surface area (Å²) in [4.78, 5) is 28.4. The first-order valence-electron chi connectivity index (χ1n) is 10.4. The number of nitrogens with two attached hydrogens (primary N) is 1. The summed E-state index contributed by atoms with van der Waals surface area (Å²) >= 11 is 0. The number of carbonyl (C=O) groups excluding carboxylic acids is 2.